The van der Waals surface area contributed by atoms with Crippen LogP contribution in [0.25, 0.3) is 6.08 Å². The Kier molecular flexibility index (Phi) is 8.43. The molecule has 2 aliphatic heterocycles. The Morgan fingerprint density at radius 2 is 1.79 bits per heavy atom. The fraction of sp³-hybridized carbons (Fsp3) is 0.321. The second-order valence-electron chi connectivity index (χ2n) is 9.80. The standard InChI is InChI=1S/C28H25Cl3F3N3OS/c29-22-5-3-18(14-23(22)30)2-1-11-36-12-8-27(9-13-36)17-37(26(38)19-7-10-35-25(31)15-19)24-6-4-20(16-21(24)27)39-28(32,33)34/h1-7,10,14-16,26,38H,8-9,11-13,17H2/b2-1+. The number of hydrogen-bond acceptors (Lipinski definition) is 5. The minimum absolute atomic E-state index is 0.111. The molecule has 11 heteroatoms. The number of benzene rings is 2. The number of anilines is 1. The van der Waals surface area contributed by atoms with Crippen molar-refractivity contribution in [3.8, 4) is 0 Å². The molecule has 1 N–H and O–H groups in total. The number of nitrogens with zero attached hydrogens (tertiary/aromatic N) is 3. The van der Waals surface area contributed by atoms with E-state index in [0.717, 1.165) is 49.3 Å². The summed E-state index contributed by atoms with van der Waals surface area (Å²) < 4.78 is 39.6. The number of likely N-dealkylation sites (tertiary alicyclic amines) is 1. The Bertz CT molecular complexity index is 1380. The maximum atomic E-state index is 13.2. The van der Waals surface area contributed by atoms with Crippen molar-refractivity contribution in [2.45, 2.75) is 34.9 Å². The van der Waals surface area contributed by atoms with Crippen LogP contribution >= 0.6 is 46.6 Å². The molecule has 3 heterocycles. The molecule has 1 atom stereocenters. The molecule has 1 spiro atoms. The van der Waals surface area contributed by atoms with Crippen LogP contribution in [0.4, 0.5) is 18.9 Å². The number of fused-ring (bicyclic) bond motifs is 2. The predicted molar refractivity (Wildman–Crippen MR) is 153 cm³/mol. The van der Waals surface area contributed by atoms with E-state index in [-0.39, 0.29) is 27.2 Å². The molecule has 2 aromatic carbocycles. The van der Waals surface area contributed by atoms with Gasteiger partial charge in [-0.3, -0.25) is 4.90 Å². The first-order chi connectivity index (χ1) is 18.5. The molecule has 0 radical (unpaired) electrons. The first kappa shape index (κ1) is 28.6. The highest BCUT2D eigenvalue weighted by Crippen LogP contribution is 2.51. The SMILES string of the molecule is OC(c1ccnc(Cl)c1)N1CC2(CCN(C/C=C/c3ccc(Cl)c(Cl)c3)CC2)c2cc(SC(F)(F)F)ccc21. The smallest absolute Gasteiger partial charge is 0.369 e. The summed E-state index contributed by atoms with van der Waals surface area (Å²) >= 11 is 18.1. The molecule has 4 nitrogen and oxygen atoms in total. The van der Waals surface area contributed by atoms with Gasteiger partial charge in [-0.15, -0.1) is 0 Å². The van der Waals surface area contributed by atoms with Crippen molar-refractivity contribution in [2.24, 2.45) is 0 Å². The molecular formula is C28H25Cl3F3N3OS. The lowest BCUT2D eigenvalue weighted by Crippen LogP contribution is -2.45. The van der Waals surface area contributed by atoms with Gasteiger partial charge >= 0.3 is 5.51 Å². The Labute approximate surface area is 244 Å². The van der Waals surface area contributed by atoms with Crippen molar-refractivity contribution in [1.29, 1.82) is 0 Å². The van der Waals surface area contributed by atoms with Gasteiger partial charge in [0.05, 0.1) is 10.0 Å². The quantitative estimate of drug-likeness (QED) is 0.224. The molecule has 0 bridgehead atoms. The van der Waals surface area contributed by atoms with Crippen molar-refractivity contribution < 1.29 is 18.3 Å². The van der Waals surface area contributed by atoms with Crippen LogP contribution in [0, 0.1) is 0 Å². The maximum absolute atomic E-state index is 13.2. The monoisotopic (exact) mass is 613 g/mol. The molecule has 0 aliphatic carbocycles. The number of thioether (sulfide) groups is 1. The largest absolute Gasteiger partial charge is 0.446 e. The normalized spacial score (nSPS) is 18.2. The number of pyridine rings is 1. The number of rotatable bonds is 6. The first-order valence-electron chi connectivity index (χ1n) is 12.3. The average Bonchev–Trinajstić information content (AvgIpc) is 3.19. The van der Waals surface area contributed by atoms with Crippen LogP contribution in [0.5, 0.6) is 0 Å². The summed E-state index contributed by atoms with van der Waals surface area (Å²) in [5.74, 6) is 0. The second kappa shape index (κ2) is 11.5. The number of halogens is 6. The number of alkyl halides is 3. The van der Waals surface area contributed by atoms with Crippen molar-refractivity contribution in [3.63, 3.8) is 0 Å². The molecule has 0 saturated carbocycles. The summed E-state index contributed by atoms with van der Waals surface area (Å²) in [7, 11) is 0. The van der Waals surface area contributed by atoms with Gasteiger partial charge in [-0.1, -0.05) is 53.0 Å². The Morgan fingerprint density at radius 3 is 2.49 bits per heavy atom. The molecule has 3 aromatic rings. The lowest BCUT2D eigenvalue weighted by atomic mass is 9.74. The third-order valence-electron chi connectivity index (χ3n) is 7.33. The molecule has 1 saturated heterocycles. The molecule has 1 fully saturated rings. The van der Waals surface area contributed by atoms with Crippen molar-refractivity contribution in [1.82, 2.24) is 9.88 Å². The van der Waals surface area contributed by atoms with Crippen LogP contribution < -0.4 is 4.90 Å². The lowest BCUT2D eigenvalue weighted by molar-refractivity contribution is -0.0328. The van der Waals surface area contributed by atoms with Gasteiger partial charge in [0.1, 0.15) is 5.15 Å². The van der Waals surface area contributed by atoms with Crippen molar-refractivity contribution >= 4 is 58.3 Å². The zero-order valence-corrected chi connectivity index (χ0v) is 23.7. The van der Waals surface area contributed by atoms with E-state index in [4.69, 9.17) is 34.8 Å². The van der Waals surface area contributed by atoms with Gasteiger partial charge in [0, 0.05) is 40.8 Å². The van der Waals surface area contributed by atoms with E-state index >= 15 is 0 Å². The number of aliphatic hydroxyl groups is 1. The molecule has 1 aromatic heterocycles. The van der Waals surface area contributed by atoms with Gasteiger partial charge in [-0.05, 0) is 91.3 Å². The topological polar surface area (TPSA) is 39.6 Å². The fourth-order valence-electron chi connectivity index (χ4n) is 5.41. The van der Waals surface area contributed by atoms with E-state index in [2.05, 4.69) is 16.0 Å². The highest BCUT2D eigenvalue weighted by molar-refractivity contribution is 8.00. The minimum atomic E-state index is -4.38. The molecule has 1 unspecified atom stereocenters. The summed E-state index contributed by atoms with van der Waals surface area (Å²) in [6, 6.07) is 13.6. The summed E-state index contributed by atoms with van der Waals surface area (Å²) in [4.78, 5) is 8.31. The minimum Gasteiger partial charge on any atom is -0.369 e. The molecule has 2 aliphatic rings. The molecular weight excluding hydrogens is 590 g/mol. The van der Waals surface area contributed by atoms with E-state index in [1.165, 1.54) is 12.3 Å². The van der Waals surface area contributed by atoms with Crippen LogP contribution in [0.3, 0.4) is 0 Å². The third kappa shape index (κ3) is 6.53. The molecule has 206 valence electrons. The molecule has 0 amide bonds. The Morgan fingerprint density at radius 1 is 1.03 bits per heavy atom. The number of hydrogen-bond donors (Lipinski definition) is 1. The first-order valence-corrected chi connectivity index (χ1v) is 14.3. The zero-order valence-electron chi connectivity index (χ0n) is 20.6. The van der Waals surface area contributed by atoms with Gasteiger partial charge in [-0.25, -0.2) is 4.98 Å². The van der Waals surface area contributed by atoms with Gasteiger partial charge in [-0.2, -0.15) is 13.2 Å². The van der Waals surface area contributed by atoms with Crippen LogP contribution in [0.15, 0.2) is 65.7 Å². The Balaban J connectivity index is 1.35. The highest BCUT2D eigenvalue weighted by Gasteiger charge is 2.46. The van der Waals surface area contributed by atoms with E-state index in [1.807, 2.05) is 23.1 Å². The van der Waals surface area contributed by atoms with Crippen LogP contribution in [-0.2, 0) is 5.41 Å². The van der Waals surface area contributed by atoms with Crippen molar-refractivity contribution in [3.05, 3.63) is 92.7 Å². The van der Waals surface area contributed by atoms with E-state index in [1.54, 1.807) is 30.3 Å². The average molecular weight is 615 g/mol. The zero-order chi connectivity index (χ0) is 27.8. The number of piperidine rings is 1. The number of aliphatic hydroxyl groups excluding tert-OH is 1. The summed E-state index contributed by atoms with van der Waals surface area (Å²) in [5.41, 5.74) is -1.62. The Hall–Kier alpha value is -1.94. The number of aromatic nitrogens is 1. The van der Waals surface area contributed by atoms with Crippen LogP contribution in [0.2, 0.25) is 15.2 Å². The van der Waals surface area contributed by atoms with E-state index in [0.29, 0.717) is 22.2 Å². The summed E-state index contributed by atoms with van der Waals surface area (Å²) in [5, 5.41) is 12.6. The van der Waals surface area contributed by atoms with Gasteiger partial charge in [0.25, 0.3) is 0 Å². The van der Waals surface area contributed by atoms with Crippen LogP contribution in [0.1, 0.15) is 35.8 Å². The van der Waals surface area contributed by atoms with Gasteiger partial charge < -0.3 is 10.0 Å². The third-order valence-corrected chi connectivity index (χ3v) is 9.00. The summed E-state index contributed by atoms with van der Waals surface area (Å²) in [6.45, 7) is 2.77. The van der Waals surface area contributed by atoms with Gasteiger partial charge in [0.15, 0.2) is 6.23 Å². The fourth-order valence-corrected chi connectivity index (χ4v) is 6.47. The molecule has 5 rings (SSSR count). The predicted octanol–water partition coefficient (Wildman–Crippen LogP) is 8.21. The van der Waals surface area contributed by atoms with E-state index < -0.39 is 11.7 Å². The van der Waals surface area contributed by atoms with Gasteiger partial charge in [0.2, 0.25) is 0 Å². The van der Waals surface area contributed by atoms with Crippen molar-refractivity contribution in [2.75, 3.05) is 31.1 Å². The second-order valence-corrected chi connectivity index (χ2v) is 12.1. The maximum Gasteiger partial charge on any atom is 0.446 e. The van der Waals surface area contributed by atoms with E-state index in [9.17, 15) is 18.3 Å². The summed E-state index contributed by atoms with van der Waals surface area (Å²) in [6.07, 6.45) is 6.09. The molecule has 39 heavy (non-hydrogen) atoms. The highest BCUT2D eigenvalue weighted by atomic mass is 35.5. The lowest BCUT2D eigenvalue weighted by Gasteiger charge is -2.40. The van der Waals surface area contributed by atoms with Crippen LogP contribution in [-0.4, -0.2) is 46.7 Å².